The monoisotopic (exact) mass is 304 g/mol. The average Bonchev–Trinajstić information content (AvgIpc) is 3.26. The maximum atomic E-state index is 12.4. The van der Waals surface area contributed by atoms with E-state index >= 15 is 0 Å². The Balaban J connectivity index is 1.70. The number of carbonyl (C=O) groups is 1. The van der Waals surface area contributed by atoms with E-state index in [2.05, 4.69) is 15.5 Å². The molecule has 0 N–H and O–H groups in total. The molecule has 21 heavy (non-hydrogen) atoms. The predicted octanol–water partition coefficient (Wildman–Crippen LogP) is 2.38. The number of rotatable bonds is 6. The second-order valence-corrected chi connectivity index (χ2v) is 6.30. The third-order valence-electron chi connectivity index (χ3n) is 3.38. The average molecular weight is 304 g/mol. The van der Waals surface area contributed by atoms with Crippen LogP contribution in [-0.2, 0) is 0 Å². The van der Waals surface area contributed by atoms with Gasteiger partial charge in [-0.1, -0.05) is 11.8 Å². The van der Waals surface area contributed by atoms with Crippen LogP contribution in [0.4, 0.5) is 0 Å². The van der Waals surface area contributed by atoms with Gasteiger partial charge in [-0.2, -0.15) is 0 Å². The first kappa shape index (κ1) is 14.1. The molecule has 0 unspecified atom stereocenters. The van der Waals surface area contributed by atoms with Crippen LogP contribution in [0.15, 0.2) is 29.4 Å². The molecule has 1 aromatic carbocycles. The molecule has 0 spiro atoms. The molecule has 2 aromatic rings. The van der Waals surface area contributed by atoms with Crippen LogP contribution in [0.3, 0.4) is 0 Å². The zero-order valence-corrected chi connectivity index (χ0v) is 12.7. The third kappa shape index (κ3) is 3.07. The van der Waals surface area contributed by atoms with E-state index in [4.69, 9.17) is 4.74 Å². The van der Waals surface area contributed by atoms with Gasteiger partial charge in [0.2, 0.25) is 5.16 Å². The van der Waals surface area contributed by atoms with Crippen molar-refractivity contribution >= 4 is 17.5 Å². The van der Waals surface area contributed by atoms with E-state index in [0.29, 0.717) is 16.8 Å². The summed E-state index contributed by atoms with van der Waals surface area (Å²) in [6, 6.07) is 7.55. The van der Waals surface area contributed by atoms with Crippen LogP contribution < -0.4 is 4.74 Å². The molecule has 1 heterocycles. The molecule has 1 aliphatic carbocycles. The Labute approximate surface area is 126 Å². The van der Waals surface area contributed by atoms with Crippen molar-refractivity contribution in [1.82, 2.24) is 20.2 Å². The molecule has 0 aliphatic heterocycles. The summed E-state index contributed by atoms with van der Waals surface area (Å²) in [7, 11) is 1.60. The van der Waals surface area contributed by atoms with Crippen molar-refractivity contribution in [3.05, 3.63) is 29.8 Å². The summed E-state index contributed by atoms with van der Waals surface area (Å²) in [5.41, 5.74) is 0.668. The van der Waals surface area contributed by atoms with E-state index in [1.165, 1.54) is 11.8 Å². The Morgan fingerprint density at radius 3 is 2.71 bits per heavy atom. The first-order valence-electron chi connectivity index (χ1n) is 6.82. The molecule has 110 valence electrons. The summed E-state index contributed by atoms with van der Waals surface area (Å²) in [6.45, 7) is 1.88. The number of methoxy groups -OCH3 is 1. The Morgan fingerprint density at radius 2 is 2.10 bits per heavy atom. The quantitative estimate of drug-likeness (QED) is 0.603. The van der Waals surface area contributed by atoms with Crippen molar-refractivity contribution in [2.24, 2.45) is 0 Å². The summed E-state index contributed by atoms with van der Waals surface area (Å²) in [5.74, 6) is 0.803. The highest BCUT2D eigenvalue weighted by atomic mass is 32.2. The number of hydrogen-bond acceptors (Lipinski definition) is 6. The van der Waals surface area contributed by atoms with Gasteiger partial charge in [0.25, 0.3) is 0 Å². The van der Waals surface area contributed by atoms with Gasteiger partial charge < -0.3 is 4.74 Å². The summed E-state index contributed by atoms with van der Waals surface area (Å²) < 4.78 is 6.92. The molecule has 0 amide bonds. The van der Waals surface area contributed by atoms with E-state index < -0.39 is 0 Å². The minimum atomic E-state index is -0.234. The van der Waals surface area contributed by atoms with E-state index in [-0.39, 0.29) is 11.0 Å². The third-order valence-corrected chi connectivity index (χ3v) is 4.43. The molecule has 1 saturated carbocycles. The zero-order valence-electron chi connectivity index (χ0n) is 11.9. The van der Waals surface area contributed by atoms with Gasteiger partial charge in [-0.15, -0.1) is 5.10 Å². The first-order chi connectivity index (χ1) is 10.2. The van der Waals surface area contributed by atoms with Gasteiger partial charge in [-0.3, -0.25) is 4.79 Å². The maximum Gasteiger partial charge on any atom is 0.210 e. The minimum Gasteiger partial charge on any atom is -0.497 e. The van der Waals surface area contributed by atoms with Gasteiger partial charge in [-0.05, 0) is 54.5 Å². The Hall–Kier alpha value is -1.89. The summed E-state index contributed by atoms with van der Waals surface area (Å²) in [4.78, 5) is 12.4. The fourth-order valence-corrected chi connectivity index (χ4v) is 2.95. The lowest BCUT2D eigenvalue weighted by Crippen LogP contribution is -2.14. The molecule has 7 heteroatoms. The number of aromatic nitrogens is 4. The topological polar surface area (TPSA) is 69.9 Å². The second kappa shape index (κ2) is 5.85. The normalized spacial score (nSPS) is 15.7. The van der Waals surface area contributed by atoms with Crippen LogP contribution in [0.5, 0.6) is 5.75 Å². The van der Waals surface area contributed by atoms with Crippen LogP contribution in [-0.4, -0.2) is 38.4 Å². The smallest absolute Gasteiger partial charge is 0.210 e. The molecule has 1 fully saturated rings. The molecular formula is C14H16N4O2S. The zero-order chi connectivity index (χ0) is 14.8. The van der Waals surface area contributed by atoms with Crippen LogP contribution in [0.1, 0.15) is 36.2 Å². The van der Waals surface area contributed by atoms with Crippen molar-refractivity contribution in [2.75, 3.05) is 7.11 Å². The molecule has 1 aliphatic rings. The molecule has 0 saturated heterocycles. The van der Waals surface area contributed by atoms with Gasteiger partial charge in [0, 0.05) is 5.56 Å². The predicted molar refractivity (Wildman–Crippen MR) is 78.7 cm³/mol. The van der Waals surface area contributed by atoms with Gasteiger partial charge in [0.05, 0.1) is 18.4 Å². The molecule has 0 bridgehead atoms. The van der Waals surface area contributed by atoms with Gasteiger partial charge in [0.1, 0.15) is 5.75 Å². The lowest BCUT2D eigenvalue weighted by atomic mass is 10.1. The molecular weight excluding hydrogens is 288 g/mol. The van der Waals surface area contributed by atoms with Crippen LogP contribution in [0.25, 0.3) is 0 Å². The van der Waals surface area contributed by atoms with E-state index in [9.17, 15) is 4.79 Å². The maximum absolute atomic E-state index is 12.4. The number of ketones is 1. The van der Waals surface area contributed by atoms with Crippen molar-refractivity contribution < 1.29 is 9.53 Å². The number of thioether (sulfide) groups is 1. The highest BCUT2D eigenvalue weighted by Gasteiger charge is 2.29. The fourth-order valence-electron chi connectivity index (χ4n) is 2.01. The Bertz CT molecular complexity index is 637. The number of hydrogen-bond donors (Lipinski definition) is 0. The minimum absolute atomic E-state index is 0.0630. The standard InChI is InChI=1S/C14H16N4O2S/c1-9(13(19)10-3-7-12(20-2)8-4-10)21-14-15-16-17-18(14)11-5-6-11/h3-4,7-9,11H,5-6H2,1-2H3/t9-/m0/s1. The molecule has 1 atom stereocenters. The Morgan fingerprint density at radius 1 is 1.38 bits per heavy atom. The second-order valence-electron chi connectivity index (χ2n) is 4.99. The number of carbonyl (C=O) groups excluding carboxylic acids is 1. The number of Topliss-reactive ketones (excluding diaryl/α,β-unsaturated/α-hetero) is 1. The number of tetrazole rings is 1. The summed E-state index contributed by atoms with van der Waals surface area (Å²) in [5, 5.41) is 12.2. The van der Waals surface area contributed by atoms with Crippen LogP contribution >= 0.6 is 11.8 Å². The highest BCUT2D eigenvalue weighted by molar-refractivity contribution is 8.00. The van der Waals surface area contributed by atoms with Crippen molar-refractivity contribution in [3.8, 4) is 5.75 Å². The SMILES string of the molecule is COc1ccc(C(=O)[C@H](C)Sc2nnnn2C2CC2)cc1. The molecule has 3 rings (SSSR count). The van der Waals surface area contributed by atoms with E-state index in [0.717, 1.165) is 18.6 Å². The lowest BCUT2D eigenvalue weighted by molar-refractivity contribution is 0.0994. The summed E-state index contributed by atoms with van der Waals surface area (Å²) >= 11 is 1.40. The van der Waals surface area contributed by atoms with Crippen molar-refractivity contribution in [1.29, 1.82) is 0 Å². The fraction of sp³-hybridized carbons (Fsp3) is 0.429. The van der Waals surface area contributed by atoms with Crippen molar-refractivity contribution in [2.45, 2.75) is 36.2 Å². The first-order valence-corrected chi connectivity index (χ1v) is 7.70. The van der Waals surface area contributed by atoms with Gasteiger partial charge >= 0.3 is 0 Å². The summed E-state index contributed by atoms with van der Waals surface area (Å²) in [6.07, 6.45) is 2.22. The Kier molecular flexibility index (Phi) is 3.92. The highest BCUT2D eigenvalue weighted by Crippen LogP contribution is 2.37. The molecule has 1 aromatic heterocycles. The largest absolute Gasteiger partial charge is 0.497 e. The van der Waals surface area contributed by atoms with Crippen LogP contribution in [0.2, 0.25) is 0 Å². The van der Waals surface area contributed by atoms with Gasteiger partial charge in [0.15, 0.2) is 5.78 Å². The molecule has 6 nitrogen and oxygen atoms in total. The van der Waals surface area contributed by atoms with E-state index in [1.54, 1.807) is 31.4 Å². The number of benzene rings is 1. The van der Waals surface area contributed by atoms with E-state index in [1.807, 2.05) is 11.6 Å². The number of nitrogens with zero attached hydrogens (tertiary/aromatic N) is 4. The van der Waals surface area contributed by atoms with Gasteiger partial charge in [-0.25, -0.2) is 4.68 Å². The lowest BCUT2D eigenvalue weighted by Gasteiger charge is -2.10. The molecule has 0 radical (unpaired) electrons. The number of ether oxygens (including phenoxy) is 1. The van der Waals surface area contributed by atoms with Crippen LogP contribution in [0, 0.1) is 0 Å². The van der Waals surface area contributed by atoms with Crippen molar-refractivity contribution in [3.63, 3.8) is 0 Å².